The minimum Gasteiger partial charge on any atom is -0.468 e. The second kappa shape index (κ2) is 11.7. The molecule has 192 valence electrons. The summed E-state index contributed by atoms with van der Waals surface area (Å²) in [6, 6.07) is 6.01. The number of aromatic nitrogens is 2. The lowest BCUT2D eigenvalue weighted by Gasteiger charge is -2.42. The van der Waals surface area contributed by atoms with Gasteiger partial charge in [-0.3, -0.25) is 14.3 Å². The van der Waals surface area contributed by atoms with Crippen molar-refractivity contribution in [1.29, 1.82) is 0 Å². The molecule has 1 unspecified atom stereocenters. The first-order valence-electron chi connectivity index (χ1n) is 11.1. The molecule has 1 fully saturated rings. The summed E-state index contributed by atoms with van der Waals surface area (Å²) in [7, 11) is 1.33. The number of nitrogens with one attached hydrogen (secondary N) is 1. The Morgan fingerprint density at radius 1 is 1.26 bits per heavy atom. The van der Waals surface area contributed by atoms with Crippen molar-refractivity contribution in [3.8, 4) is 5.75 Å². The summed E-state index contributed by atoms with van der Waals surface area (Å²) in [6.07, 6.45) is 2.43. The van der Waals surface area contributed by atoms with Gasteiger partial charge in [-0.2, -0.15) is 13.9 Å². The third-order valence-electron chi connectivity index (χ3n) is 6.06. The van der Waals surface area contributed by atoms with Crippen LogP contribution in [0.1, 0.15) is 38.3 Å². The average molecular weight is 578 g/mol. The zero-order valence-electron chi connectivity index (χ0n) is 19.6. The van der Waals surface area contributed by atoms with Crippen molar-refractivity contribution in [3.05, 3.63) is 41.2 Å². The summed E-state index contributed by atoms with van der Waals surface area (Å²) in [6.45, 7) is 2.37. The van der Waals surface area contributed by atoms with Crippen LogP contribution in [0.15, 0.2) is 30.5 Å². The number of carbonyl (C=O) groups excluding carboxylic acids is 2. The minimum atomic E-state index is -3.08. The predicted octanol–water partition coefficient (Wildman–Crippen LogP) is 4.63. The number of alkyl halides is 3. The van der Waals surface area contributed by atoms with E-state index >= 15 is 0 Å². The SMILES string of the molecule is COC(=O)C(Br)CN1CCC(C(=O)Nc2ccc(Cl)cc2OC(F)F)(n2nccc2C(C)C)CC1. The highest BCUT2D eigenvalue weighted by Gasteiger charge is 2.45. The van der Waals surface area contributed by atoms with Crippen molar-refractivity contribution in [3.63, 3.8) is 0 Å². The number of piperidine rings is 1. The second-order valence-corrected chi connectivity index (χ2v) is 10.2. The van der Waals surface area contributed by atoms with E-state index in [0.29, 0.717) is 32.5 Å². The van der Waals surface area contributed by atoms with Crippen molar-refractivity contribution in [2.75, 3.05) is 32.1 Å². The maximum Gasteiger partial charge on any atom is 0.387 e. The van der Waals surface area contributed by atoms with Gasteiger partial charge in [0.2, 0.25) is 0 Å². The molecule has 1 aromatic carbocycles. The molecule has 8 nitrogen and oxygen atoms in total. The number of benzene rings is 1. The highest BCUT2D eigenvalue weighted by molar-refractivity contribution is 9.10. The van der Waals surface area contributed by atoms with Crippen LogP contribution in [0.25, 0.3) is 0 Å². The number of anilines is 1. The normalized spacial score (nSPS) is 16.8. The summed E-state index contributed by atoms with van der Waals surface area (Å²) in [5, 5.41) is 7.46. The number of hydrogen-bond acceptors (Lipinski definition) is 6. The smallest absolute Gasteiger partial charge is 0.387 e. The Balaban J connectivity index is 1.91. The first-order chi connectivity index (χ1) is 16.6. The van der Waals surface area contributed by atoms with Gasteiger partial charge in [-0.15, -0.1) is 0 Å². The molecule has 1 atom stereocenters. The fourth-order valence-corrected chi connectivity index (χ4v) is 4.97. The zero-order chi connectivity index (χ0) is 25.8. The van der Waals surface area contributed by atoms with Gasteiger partial charge in [0.15, 0.2) is 5.75 Å². The highest BCUT2D eigenvalue weighted by Crippen LogP contribution is 2.37. The number of nitrogens with zero attached hydrogens (tertiary/aromatic N) is 3. The standard InChI is InChI=1S/C23H28BrClF2N4O4/c1-14(2)18-6-9-28-31(18)23(7-10-30(11-8-23)13-16(24)20(32)34-3)21(33)29-17-5-4-15(25)12-19(17)35-22(26)27/h4-6,9,12,14,16,22H,7-8,10-11,13H2,1-3H3,(H,29,33). The van der Waals surface area contributed by atoms with Crippen LogP contribution in [-0.2, 0) is 19.9 Å². The molecule has 3 rings (SSSR count). The van der Waals surface area contributed by atoms with Crippen LogP contribution >= 0.6 is 27.5 Å². The van der Waals surface area contributed by atoms with E-state index < -0.39 is 22.9 Å². The Kier molecular flexibility index (Phi) is 9.11. The molecule has 1 aromatic heterocycles. The first kappa shape index (κ1) is 27.3. The summed E-state index contributed by atoms with van der Waals surface area (Å²) in [5.41, 5.74) is -0.110. The van der Waals surface area contributed by atoms with Crippen molar-refractivity contribution in [1.82, 2.24) is 14.7 Å². The number of methoxy groups -OCH3 is 1. The number of halogens is 4. The largest absolute Gasteiger partial charge is 0.468 e. The second-order valence-electron chi connectivity index (χ2n) is 8.62. The maximum absolute atomic E-state index is 13.8. The molecule has 0 radical (unpaired) electrons. The van der Waals surface area contributed by atoms with Crippen molar-refractivity contribution < 1.29 is 27.8 Å². The van der Waals surface area contributed by atoms with Crippen LogP contribution < -0.4 is 10.1 Å². The van der Waals surface area contributed by atoms with Crippen LogP contribution in [0.3, 0.4) is 0 Å². The van der Waals surface area contributed by atoms with Gasteiger partial charge in [-0.1, -0.05) is 41.4 Å². The van der Waals surface area contributed by atoms with E-state index in [0.717, 1.165) is 5.69 Å². The summed E-state index contributed by atoms with van der Waals surface area (Å²) >= 11 is 9.29. The number of carbonyl (C=O) groups is 2. The molecule has 1 saturated heterocycles. The molecule has 0 saturated carbocycles. The third kappa shape index (κ3) is 6.31. The lowest BCUT2D eigenvalue weighted by atomic mass is 9.85. The quantitative estimate of drug-likeness (QED) is 0.346. The van der Waals surface area contributed by atoms with Crippen molar-refractivity contribution in [2.24, 2.45) is 0 Å². The number of hydrogen-bond donors (Lipinski definition) is 1. The molecule has 0 bridgehead atoms. The number of likely N-dealkylation sites (tertiary alicyclic amines) is 1. The minimum absolute atomic E-state index is 0.0889. The lowest BCUT2D eigenvalue weighted by molar-refractivity contribution is -0.140. The van der Waals surface area contributed by atoms with Gasteiger partial charge in [-0.25, -0.2) is 0 Å². The van der Waals surface area contributed by atoms with Gasteiger partial charge in [0.1, 0.15) is 10.4 Å². The monoisotopic (exact) mass is 576 g/mol. The molecule has 12 heteroatoms. The molecule has 35 heavy (non-hydrogen) atoms. The first-order valence-corrected chi connectivity index (χ1v) is 12.4. The topological polar surface area (TPSA) is 85.7 Å². The molecule has 2 heterocycles. The van der Waals surface area contributed by atoms with Gasteiger partial charge >= 0.3 is 12.6 Å². The molecular weight excluding hydrogens is 550 g/mol. The van der Waals surface area contributed by atoms with E-state index in [4.69, 9.17) is 16.3 Å². The summed E-state index contributed by atoms with van der Waals surface area (Å²) in [4.78, 5) is 27.2. The number of amides is 1. The average Bonchev–Trinajstić information content (AvgIpc) is 3.31. The van der Waals surface area contributed by atoms with Crippen LogP contribution in [0.2, 0.25) is 5.02 Å². The van der Waals surface area contributed by atoms with Gasteiger partial charge in [0.05, 0.1) is 12.8 Å². The predicted molar refractivity (Wildman–Crippen MR) is 131 cm³/mol. The van der Waals surface area contributed by atoms with E-state index in [2.05, 4.69) is 36.0 Å². The summed E-state index contributed by atoms with van der Waals surface area (Å²) in [5.74, 6) is -0.895. The molecule has 1 aliphatic heterocycles. The zero-order valence-corrected chi connectivity index (χ0v) is 22.0. The summed E-state index contributed by atoms with van der Waals surface area (Å²) < 4.78 is 37.0. The highest BCUT2D eigenvalue weighted by atomic mass is 79.9. The molecule has 1 aliphatic rings. The molecule has 1 amide bonds. The lowest BCUT2D eigenvalue weighted by Crippen LogP contribution is -2.55. The van der Waals surface area contributed by atoms with Gasteiger partial charge < -0.3 is 19.7 Å². The Bertz CT molecular complexity index is 1040. The van der Waals surface area contributed by atoms with Gasteiger partial charge in [-0.05, 0) is 37.0 Å². The Morgan fingerprint density at radius 3 is 2.54 bits per heavy atom. The van der Waals surface area contributed by atoms with Crippen LogP contribution in [0.5, 0.6) is 5.75 Å². The maximum atomic E-state index is 13.8. The Morgan fingerprint density at radius 2 is 1.94 bits per heavy atom. The molecule has 1 N–H and O–H groups in total. The number of rotatable bonds is 9. The third-order valence-corrected chi connectivity index (χ3v) is 6.96. The van der Waals surface area contributed by atoms with Crippen molar-refractivity contribution in [2.45, 2.75) is 49.6 Å². The van der Waals surface area contributed by atoms with Crippen LogP contribution in [-0.4, -0.2) is 64.7 Å². The van der Waals surface area contributed by atoms with Gasteiger partial charge in [0.25, 0.3) is 5.91 Å². The van der Waals surface area contributed by atoms with E-state index in [9.17, 15) is 18.4 Å². The fraction of sp³-hybridized carbons (Fsp3) is 0.522. The number of esters is 1. The van der Waals surface area contributed by atoms with Crippen LogP contribution in [0, 0.1) is 0 Å². The fourth-order valence-electron chi connectivity index (χ4n) is 4.21. The van der Waals surface area contributed by atoms with E-state index in [-0.39, 0.29) is 28.3 Å². The van der Waals surface area contributed by atoms with Gasteiger partial charge in [0, 0.05) is 42.6 Å². The molecular formula is C23H28BrClF2N4O4. The molecule has 0 spiro atoms. The van der Waals surface area contributed by atoms with Crippen LogP contribution in [0.4, 0.5) is 14.5 Å². The van der Waals surface area contributed by atoms with E-state index in [1.165, 1.54) is 25.3 Å². The molecule has 0 aliphatic carbocycles. The van der Waals surface area contributed by atoms with E-state index in [1.54, 1.807) is 10.9 Å². The Labute approximate surface area is 216 Å². The van der Waals surface area contributed by atoms with E-state index in [1.807, 2.05) is 19.9 Å². The number of ether oxygens (including phenoxy) is 2. The molecule has 2 aromatic rings. The van der Waals surface area contributed by atoms with Crippen molar-refractivity contribution >= 4 is 45.1 Å². The Hall–Kier alpha value is -2.24.